The van der Waals surface area contributed by atoms with Crippen molar-refractivity contribution in [3.05, 3.63) is 54.1 Å². The summed E-state index contributed by atoms with van der Waals surface area (Å²) in [6.07, 6.45) is 0. The Morgan fingerprint density at radius 2 is 1.75 bits per heavy atom. The Morgan fingerprint density at radius 1 is 1.00 bits per heavy atom. The average Bonchev–Trinajstić information content (AvgIpc) is 2.48. The van der Waals surface area contributed by atoms with E-state index in [1.54, 1.807) is 0 Å². The van der Waals surface area contributed by atoms with Crippen LogP contribution in [0.5, 0.6) is 5.75 Å². The van der Waals surface area contributed by atoms with Gasteiger partial charge in [-0.05, 0) is 49.2 Å². The van der Waals surface area contributed by atoms with Gasteiger partial charge in [-0.15, -0.1) is 0 Å². The number of rotatable bonds is 6. The predicted molar refractivity (Wildman–Crippen MR) is 85.1 cm³/mol. The lowest BCUT2D eigenvalue weighted by atomic mass is 10.0. The zero-order valence-corrected chi connectivity index (χ0v) is 12.5. The largest absolute Gasteiger partial charge is 0.494 e. The van der Waals surface area contributed by atoms with Crippen LogP contribution in [0.2, 0.25) is 0 Å². The van der Waals surface area contributed by atoms with Gasteiger partial charge in [-0.1, -0.05) is 43.3 Å². The summed E-state index contributed by atoms with van der Waals surface area (Å²) in [4.78, 5) is 0. The summed E-state index contributed by atoms with van der Waals surface area (Å²) < 4.78 is 5.55. The quantitative estimate of drug-likeness (QED) is 0.838. The topological polar surface area (TPSA) is 21.3 Å². The molecule has 2 rings (SSSR count). The van der Waals surface area contributed by atoms with E-state index in [2.05, 4.69) is 55.6 Å². The number of hydrogen-bond donors (Lipinski definition) is 1. The molecule has 20 heavy (non-hydrogen) atoms. The van der Waals surface area contributed by atoms with Crippen LogP contribution in [0.25, 0.3) is 11.1 Å². The van der Waals surface area contributed by atoms with Crippen molar-refractivity contribution < 1.29 is 4.74 Å². The molecule has 106 valence electrons. The van der Waals surface area contributed by atoms with E-state index < -0.39 is 0 Å². The molecule has 2 aromatic carbocycles. The van der Waals surface area contributed by atoms with Gasteiger partial charge in [0.05, 0.1) is 6.61 Å². The lowest BCUT2D eigenvalue weighted by Gasteiger charge is -2.13. The first-order valence-corrected chi connectivity index (χ1v) is 7.31. The van der Waals surface area contributed by atoms with Crippen molar-refractivity contribution >= 4 is 0 Å². The van der Waals surface area contributed by atoms with Gasteiger partial charge in [0.25, 0.3) is 0 Å². The summed E-state index contributed by atoms with van der Waals surface area (Å²) >= 11 is 0. The maximum atomic E-state index is 5.55. The molecule has 2 aromatic rings. The van der Waals surface area contributed by atoms with Crippen molar-refractivity contribution in [1.29, 1.82) is 0 Å². The van der Waals surface area contributed by atoms with Gasteiger partial charge in [0, 0.05) is 6.04 Å². The molecule has 0 spiro atoms. The minimum absolute atomic E-state index is 0.392. The van der Waals surface area contributed by atoms with E-state index in [4.69, 9.17) is 4.74 Å². The van der Waals surface area contributed by atoms with E-state index in [0.29, 0.717) is 12.6 Å². The molecular weight excluding hydrogens is 246 g/mol. The highest BCUT2D eigenvalue weighted by Gasteiger charge is 2.04. The van der Waals surface area contributed by atoms with E-state index in [9.17, 15) is 0 Å². The van der Waals surface area contributed by atoms with Crippen LogP contribution in [0.3, 0.4) is 0 Å². The summed E-state index contributed by atoms with van der Waals surface area (Å²) in [6.45, 7) is 8.00. The fraction of sp³-hybridized carbons (Fsp3) is 0.333. The molecule has 0 saturated heterocycles. The maximum absolute atomic E-state index is 5.55. The highest BCUT2D eigenvalue weighted by molar-refractivity contribution is 5.65. The van der Waals surface area contributed by atoms with Crippen molar-refractivity contribution in [1.82, 2.24) is 5.32 Å². The van der Waals surface area contributed by atoms with Gasteiger partial charge in [-0.2, -0.15) is 0 Å². The first-order chi connectivity index (χ1) is 9.74. The van der Waals surface area contributed by atoms with E-state index in [1.165, 1.54) is 16.7 Å². The molecule has 0 fully saturated rings. The second-order valence-corrected chi connectivity index (χ2v) is 4.86. The molecule has 0 aliphatic carbocycles. The van der Waals surface area contributed by atoms with Crippen LogP contribution >= 0.6 is 0 Å². The van der Waals surface area contributed by atoms with Gasteiger partial charge in [-0.25, -0.2) is 0 Å². The zero-order valence-electron chi connectivity index (χ0n) is 12.5. The second kappa shape index (κ2) is 7.11. The number of ether oxygens (including phenoxy) is 1. The molecular formula is C18H23NO. The minimum atomic E-state index is 0.392. The third-order valence-corrected chi connectivity index (χ3v) is 3.40. The van der Waals surface area contributed by atoms with Crippen molar-refractivity contribution in [3.63, 3.8) is 0 Å². The Balaban J connectivity index is 2.19. The van der Waals surface area contributed by atoms with Crippen LogP contribution in [0, 0.1) is 0 Å². The Hall–Kier alpha value is -1.80. The Morgan fingerprint density at radius 3 is 2.40 bits per heavy atom. The molecule has 0 aliphatic heterocycles. The number of nitrogens with one attached hydrogen (secondary N) is 1. The normalized spacial score (nSPS) is 12.2. The molecule has 1 atom stereocenters. The summed E-state index contributed by atoms with van der Waals surface area (Å²) in [6, 6.07) is 17.4. The number of hydrogen-bond acceptors (Lipinski definition) is 2. The number of benzene rings is 2. The van der Waals surface area contributed by atoms with E-state index in [1.807, 2.05) is 19.1 Å². The average molecular weight is 269 g/mol. The molecule has 0 aromatic heterocycles. The molecule has 0 heterocycles. The van der Waals surface area contributed by atoms with Gasteiger partial charge in [-0.3, -0.25) is 0 Å². The van der Waals surface area contributed by atoms with Gasteiger partial charge in [0.15, 0.2) is 0 Å². The van der Waals surface area contributed by atoms with Crippen LogP contribution in [0.1, 0.15) is 32.4 Å². The van der Waals surface area contributed by atoms with Crippen molar-refractivity contribution in [3.8, 4) is 16.9 Å². The Kier molecular flexibility index (Phi) is 5.19. The van der Waals surface area contributed by atoms with Crippen LogP contribution in [-0.2, 0) is 0 Å². The lowest BCUT2D eigenvalue weighted by molar-refractivity contribution is 0.340. The summed E-state index contributed by atoms with van der Waals surface area (Å²) in [7, 11) is 0. The third-order valence-electron chi connectivity index (χ3n) is 3.40. The highest BCUT2D eigenvalue weighted by Crippen LogP contribution is 2.25. The summed E-state index contributed by atoms with van der Waals surface area (Å²) in [5, 5.41) is 3.43. The SMILES string of the molecule is CCNC(C)c1ccc(-c2cccc(OCC)c2)cc1. The lowest BCUT2D eigenvalue weighted by Crippen LogP contribution is -2.17. The third kappa shape index (κ3) is 3.61. The fourth-order valence-electron chi connectivity index (χ4n) is 2.32. The van der Waals surface area contributed by atoms with Gasteiger partial charge in [0.1, 0.15) is 5.75 Å². The smallest absolute Gasteiger partial charge is 0.119 e. The Bertz CT molecular complexity index is 533. The first kappa shape index (κ1) is 14.6. The van der Waals surface area contributed by atoms with Crippen molar-refractivity contribution in [2.45, 2.75) is 26.8 Å². The molecule has 0 bridgehead atoms. The minimum Gasteiger partial charge on any atom is -0.494 e. The van der Waals surface area contributed by atoms with E-state index >= 15 is 0 Å². The second-order valence-electron chi connectivity index (χ2n) is 4.86. The zero-order chi connectivity index (χ0) is 14.4. The summed E-state index contributed by atoms with van der Waals surface area (Å²) in [5.74, 6) is 0.926. The standard InChI is InChI=1S/C18H23NO/c1-4-19-14(3)15-9-11-16(12-10-15)17-7-6-8-18(13-17)20-5-2/h6-14,19H,4-5H2,1-3H3. The van der Waals surface area contributed by atoms with Gasteiger partial charge in [0.2, 0.25) is 0 Å². The first-order valence-electron chi connectivity index (χ1n) is 7.31. The van der Waals surface area contributed by atoms with Crippen LogP contribution in [0.15, 0.2) is 48.5 Å². The molecule has 2 nitrogen and oxygen atoms in total. The van der Waals surface area contributed by atoms with Crippen LogP contribution < -0.4 is 10.1 Å². The molecule has 0 amide bonds. The molecule has 1 N–H and O–H groups in total. The van der Waals surface area contributed by atoms with Crippen LogP contribution in [-0.4, -0.2) is 13.2 Å². The van der Waals surface area contributed by atoms with Crippen molar-refractivity contribution in [2.75, 3.05) is 13.2 Å². The van der Waals surface area contributed by atoms with Gasteiger partial charge >= 0.3 is 0 Å². The Labute approximate surface area is 121 Å². The molecule has 1 unspecified atom stereocenters. The molecule has 0 saturated carbocycles. The molecule has 2 heteroatoms. The highest BCUT2D eigenvalue weighted by atomic mass is 16.5. The predicted octanol–water partition coefficient (Wildman–Crippen LogP) is 4.42. The maximum Gasteiger partial charge on any atom is 0.119 e. The monoisotopic (exact) mass is 269 g/mol. The van der Waals surface area contributed by atoms with E-state index in [-0.39, 0.29) is 0 Å². The summed E-state index contributed by atoms with van der Waals surface area (Å²) in [5.41, 5.74) is 3.73. The van der Waals surface area contributed by atoms with E-state index in [0.717, 1.165) is 12.3 Å². The molecule has 0 radical (unpaired) electrons. The fourth-order valence-corrected chi connectivity index (χ4v) is 2.32. The van der Waals surface area contributed by atoms with Crippen molar-refractivity contribution in [2.24, 2.45) is 0 Å². The van der Waals surface area contributed by atoms with Gasteiger partial charge < -0.3 is 10.1 Å². The van der Waals surface area contributed by atoms with Crippen LogP contribution in [0.4, 0.5) is 0 Å². The molecule has 0 aliphatic rings.